The Morgan fingerprint density at radius 3 is 1.79 bits per heavy atom. The molecule has 0 radical (unpaired) electrons. The van der Waals surface area contributed by atoms with E-state index < -0.39 is 0 Å². The lowest BCUT2D eigenvalue weighted by Gasteiger charge is -2.08. The molecule has 2 heteroatoms. The van der Waals surface area contributed by atoms with Crippen LogP contribution in [0, 0.1) is 5.41 Å². The monoisotopic (exact) mass is 253 g/mol. The molecular weight excluding hydrogens is 234 g/mol. The molecule has 2 rings (SSSR count). The number of benzene rings is 2. The van der Waals surface area contributed by atoms with Gasteiger partial charge in [0.25, 0.3) is 0 Å². The third-order valence-corrected chi connectivity index (χ3v) is 3.26. The third-order valence-electron chi connectivity index (χ3n) is 3.26. The lowest BCUT2D eigenvalue weighted by Crippen LogP contribution is -2.00. The Morgan fingerprint density at radius 1 is 0.895 bits per heavy atom. The van der Waals surface area contributed by atoms with Gasteiger partial charge in [0.15, 0.2) is 0 Å². The highest BCUT2D eigenvalue weighted by Crippen LogP contribution is 2.23. The van der Waals surface area contributed by atoms with Crippen molar-refractivity contribution < 1.29 is 4.74 Å². The Hall–Kier alpha value is -2.09. The van der Waals surface area contributed by atoms with Gasteiger partial charge in [0.05, 0.1) is 7.11 Å². The predicted molar refractivity (Wildman–Crippen MR) is 79.8 cm³/mol. The number of hydrogen-bond donors (Lipinski definition) is 1. The van der Waals surface area contributed by atoms with Crippen LogP contribution in [0.3, 0.4) is 0 Å². The molecule has 0 spiro atoms. The van der Waals surface area contributed by atoms with Crippen LogP contribution in [-0.4, -0.2) is 13.0 Å². The lowest BCUT2D eigenvalue weighted by molar-refractivity contribution is 0.401. The fourth-order valence-electron chi connectivity index (χ4n) is 1.99. The zero-order chi connectivity index (χ0) is 13.8. The quantitative estimate of drug-likeness (QED) is 0.636. The van der Waals surface area contributed by atoms with Crippen LogP contribution in [0.15, 0.2) is 48.5 Å². The fraction of sp³-hybridized carbons (Fsp3) is 0.235. The van der Waals surface area contributed by atoms with E-state index in [-0.39, 0.29) is 5.90 Å². The maximum absolute atomic E-state index is 7.61. The molecular formula is C17H19NO. The highest BCUT2D eigenvalue weighted by Gasteiger charge is 2.03. The van der Waals surface area contributed by atoms with E-state index in [9.17, 15) is 0 Å². The van der Waals surface area contributed by atoms with Crippen LogP contribution in [0.2, 0.25) is 0 Å². The predicted octanol–water partition coefficient (Wildman–Crippen LogP) is 4.45. The minimum absolute atomic E-state index is 0.196. The summed E-state index contributed by atoms with van der Waals surface area (Å²) in [6.45, 7) is 4.39. The molecule has 0 aliphatic heterocycles. The molecule has 0 aliphatic carbocycles. The summed E-state index contributed by atoms with van der Waals surface area (Å²) in [5.74, 6) is 0.750. The summed E-state index contributed by atoms with van der Waals surface area (Å²) in [5.41, 5.74) is 4.49. The Morgan fingerprint density at radius 2 is 1.37 bits per heavy atom. The Kier molecular flexibility index (Phi) is 4.00. The van der Waals surface area contributed by atoms with E-state index >= 15 is 0 Å². The van der Waals surface area contributed by atoms with E-state index in [4.69, 9.17) is 10.1 Å². The summed E-state index contributed by atoms with van der Waals surface area (Å²) in [4.78, 5) is 0. The van der Waals surface area contributed by atoms with Gasteiger partial charge in [0.2, 0.25) is 5.90 Å². The number of hydrogen-bond acceptors (Lipinski definition) is 2. The van der Waals surface area contributed by atoms with Crippen LogP contribution < -0.4 is 0 Å². The van der Waals surface area contributed by atoms with Crippen molar-refractivity contribution in [3.63, 3.8) is 0 Å². The van der Waals surface area contributed by atoms with Gasteiger partial charge < -0.3 is 4.74 Å². The van der Waals surface area contributed by atoms with E-state index in [1.54, 1.807) is 0 Å². The maximum atomic E-state index is 7.61. The summed E-state index contributed by atoms with van der Waals surface area (Å²) in [7, 11) is 1.51. The maximum Gasteiger partial charge on any atom is 0.212 e. The largest absolute Gasteiger partial charge is 0.481 e. The average Bonchev–Trinajstić information content (AvgIpc) is 2.46. The van der Waals surface area contributed by atoms with Crippen molar-refractivity contribution in [2.75, 3.05) is 7.11 Å². The standard InChI is InChI=1S/C17H19NO/c1-12(2)13-4-6-14(7-5-13)15-8-10-16(11-9-15)17(18)19-3/h4-12,18H,1-3H3. The zero-order valence-electron chi connectivity index (χ0n) is 11.6. The van der Waals surface area contributed by atoms with Crippen molar-refractivity contribution in [1.29, 1.82) is 5.41 Å². The molecule has 0 heterocycles. The molecule has 98 valence electrons. The molecule has 0 unspecified atom stereocenters. The average molecular weight is 253 g/mol. The normalized spacial score (nSPS) is 10.5. The van der Waals surface area contributed by atoms with Crippen molar-refractivity contribution in [1.82, 2.24) is 0 Å². The second kappa shape index (κ2) is 5.70. The number of nitrogens with one attached hydrogen (secondary N) is 1. The molecule has 1 N–H and O–H groups in total. The molecule has 0 amide bonds. The lowest BCUT2D eigenvalue weighted by atomic mass is 9.98. The van der Waals surface area contributed by atoms with Crippen LogP contribution in [0.25, 0.3) is 11.1 Å². The number of methoxy groups -OCH3 is 1. The summed E-state index contributed by atoms with van der Waals surface area (Å²) in [5, 5.41) is 7.61. The van der Waals surface area contributed by atoms with Gasteiger partial charge in [0.1, 0.15) is 0 Å². The Labute approximate surface area is 114 Å². The molecule has 2 aromatic rings. The van der Waals surface area contributed by atoms with Gasteiger partial charge in [-0.1, -0.05) is 50.2 Å². The summed E-state index contributed by atoms with van der Waals surface area (Å²) >= 11 is 0. The topological polar surface area (TPSA) is 33.1 Å². The molecule has 2 aromatic carbocycles. The van der Waals surface area contributed by atoms with Gasteiger partial charge in [-0.05, 0) is 34.7 Å². The summed E-state index contributed by atoms with van der Waals surface area (Å²) in [6.07, 6.45) is 0. The first-order valence-corrected chi connectivity index (χ1v) is 6.45. The Balaban J connectivity index is 2.24. The van der Waals surface area contributed by atoms with Gasteiger partial charge in [-0.15, -0.1) is 0 Å². The van der Waals surface area contributed by atoms with E-state index in [1.807, 2.05) is 24.3 Å². The fourth-order valence-corrected chi connectivity index (χ4v) is 1.99. The molecule has 0 aromatic heterocycles. The zero-order valence-corrected chi connectivity index (χ0v) is 11.6. The molecule has 0 aliphatic rings. The third kappa shape index (κ3) is 3.02. The second-order valence-electron chi connectivity index (χ2n) is 4.89. The van der Waals surface area contributed by atoms with Crippen LogP contribution >= 0.6 is 0 Å². The summed E-state index contributed by atoms with van der Waals surface area (Å²) < 4.78 is 4.91. The van der Waals surface area contributed by atoms with Crippen LogP contribution in [-0.2, 0) is 4.74 Å². The van der Waals surface area contributed by atoms with Crippen LogP contribution in [0.1, 0.15) is 30.9 Å². The molecule has 2 nitrogen and oxygen atoms in total. The van der Waals surface area contributed by atoms with Gasteiger partial charge >= 0.3 is 0 Å². The van der Waals surface area contributed by atoms with E-state index in [1.165, 1.54) is 18.2 Å². The molecule has 0 fully saturated rings. The molecule has 0 saturated heterocycles. The van der Waals surface area contributed by atoms with Crippen molar-refractivity contribution >= 4 is 5.90 Å². The first-order chi connectivity index (χ1) is 9.11. The summed E-state index contributed by atoms with van der Waals surface area (Å²) in [6, 6.07) is 16.5. The van der Waals surface area contributed by atoms with Gasteiger partial charge in [-0.2, -0.15) is 0 Å². The smallest absolute Gasteiger partial charge is 0.212 e. The van der Waals surface area contributed by atoms with Crippen molar-refractivity contribution in [2.24, 2.45) is 0 Å². The first-order valence-electron chi connectivity index (χ1n) is 6.45. The molecule has 0 atom stereocenters. The highest BCUT2D eigenvalue weighted by molar-refractivity contribution is 5.92. The van der Waals surface area contributed by atoms with E-state index in [2.05, 4.69) is 38.1 Å². The van der Waals surface area contributed by atoms with Crippen LogP contribution in [0.5, 0.6) is 0 Å². The molecule has 0 bridgehead atoms. The van der Waals surface area contributed by atoms with Crippen molar-refractivity contribution in [3.8, 4) is 11.1 Å². The molecule has 19 heavy (non-hydrogen) atoms. The van der Waals surface area contributed by atoms with E-state index in [0.717, 1.165) is 11.1 Å². The van der Waals surface area contributed by atoms with Crippen LogP contribution in [0.4, 0.5) is 0 Å². The Bertz CT molecular complexity index is 553. The minimum atomic E-state index is 0.196. The number of ether oxygens (including phenoxy) is 1. The SMILES string of the molecule is COC(=N)c1ccc(-c2ccc(C(C)C)cc2)cc1. The number of rotatable bonds is 3. The second-order valence-corrected chi connectivity index (χ2v) is 4.89. The van der Waals surface area contributed by atoms with Crippen molar-refractivity contribution in [2.45, 2.75) is 19.8 Å². The van der Waals surface area contributed by atoms with Gasteiger partial charge in [-0.3, -0.25) is 5.41 Å². The van der Waals surface area contributed by atoms with Gasteiger partial charge in [-0.25, -0.2) is 0 Å². The molecule has 0 saturated carbocycles. The van der Waals surface area contributed by atoms with E-state index in [0.29, 0.717) is 5.92 Å². The van der Waals surface area contributed by atoms with Crippen molar-refractivity contribution in [3.05, 3.63) is 59.7 Å². The highest BCUT2D eigenvalue weighted by atomic mass is 16.5. The van der Waals surface area contributed by atoms with Gasteiger partial charge in [0, 0.05) is 5.56 Å². The minimum Gasteiger partial charge on any atom is -0.481 e. The first kappa shape index (κ1) is 13.3.